The van der Waals surface area contributed by atoms with E-state index >= 15 is 0 Å². The Bertz CT molecular complexity index is 921. The van der Waals surface area contributed by atoms with Gasteiger partial charge in [-0.3, -0.25) is 15.1 Å². The summed E-state index contributed by atoms with van der Waals surface area (Å²) < 4.78 is 0. The quantitative estimate of drug-likeness (QED) is 0.518. The highest BCUT2D eigenvalue weighted by Crippen LogP contribution is 2.30. The second kappa shape index (κ2) is 9.78. The molecule has 146 valence electrons. The Morgan fingerprint density at radius 2 is 2.07 bits per heavy atom. The number of nitrogens with one attached hydrogen (secondary N) is 1. The summed E-state index contributed by atoms with van der Waals surface area (Å²) in [6.07, 6.45) is 4.44. The molecule has 1 unspecified atom stereocenters. The van der Waals surface area contributed by atoms with Crippen LogP contribution in [0.5, 0.6) is 0 Å². The van der Waals surface area contributed by atoms with Crippen molar-refractivity contribution in [3.63, 3.8) is 0 Å². The lowest BCUT2D eigenvalue weighted by Gasteiger charge is -2.15. The van der Waals surface area contributed by atoms with Crippen LogP contribution >= 0.6 is 22.9 Å². The van der Waals surface area contributed by atoms with Crippen LogP contribution in [-0.4, -0.2) is 27.6 Å². The van der Waals surface area contributed by atoms with Gasteiger partial charge in [-0.25, -0.2) is 4.98 Å². The Morgan fingerprint density at radius 3 is 2.75 bits per heavy atom. The Hall–Kier alpha value is -2.28. The number of hydrogen-bond acceptors (Lipinski definition) is 5. The molecule has 2 aromatic heterocycles. The van der Waals surface area contributed by atoms with Gasteiger partial charge in [0.1, 0.15) is 5.69 Å². The summed E-state index contributed by atoms with van der Waals surface area (Å²) in [5, 5.41) is 15.0. The lowest BCUT2D eigenvalue weighted by Crippen LogP contribution is -2.14. The monoisotopic (exact) mass is 415 g/mol. The van der Waals surface area contributed by atoms with E-state index in [4.69, 9.17) is 11.6 Å². The van der Waals surface area contributed by atoms with Crippen molar-refractivity contribution in [3.05, 3.63) is 64.3 Å². The average molecular weight is 416 g/mol. The maximum atomic E-state index is 12.5. The van der Waals surface area contributed by atoms with Crippen LogP contribution in [0.3, 0.4) is 0 Å². The zero-order valence-electron chi connectivity index (χ0n) is 15.6. The fraction of sp³-hybridized carbons (Fsp3) is 0.286. The van der Waals surface area contributed by atoms with Gasteiger partial charge in [0.05, 0.1) is 5.69 Å². The number of carbonyl (C=O) groups excluding carboxylic acids is 1. The van der Waals surface area contributed by atoms with Gasteiger partial charge >= 0.3 is 0 Å². The third-order valence-corrected chi connectivity index (χ3v) is 5.57. The van der Waals surface area contributed by atoms with E-state index < -0.39 is 0 Å². The van der Waals surface area contributed by atoms with Gasteiger partial charge in [-0.2, -0.15) is 0 Å². The number of amides is 1. The van der Waals surface area contributed by atoms with Crippen molar-refractivity contribution in [2.45, 2.75) is 32.1 Å². The summed E-state index contributed by atoms with van der Waals surface area (Å²) in [7, 11) is 0. The van der Waals surface area contributed by atoms with Crippen molar-refractivity contribution < 1.29 is 9.90 Å². The number of benzene rings is 1. The van der Waals surface area contributed by atoms with Gasteiger partial charge in [0.15, 0.2) is 5.13 Å². The molecule has 28 heavy (non-hydrogen) atoms. The molecule has 3 rings (SSSR count). The Morgan fingerprint density at radius 1 is 1.25 bits per heavy atom. The summed E-state index contributed by atoms with van der Waals surface area (Å²) in [5.74, 6) is -0.0439. The minimum atomic E-state index is -0.305. The number of aromatic nitrogens is 2. The molecule has 2 N–H and O–H groups in total. The Kier molecular flexibility index (Phi) is 7.14. The number of halogens is 1. The largest absolute Gasteiger partial charge is 0.396 e. The second-order valence-corrected chi connectivity index (χ2v) is 7.71. The predicted octanol–water partition coefficient (Wildman–Crippen LogP) is 5.38. The SMILES string of the molecule is CCCC(CCO)c1ccc(C(=O)Nc2nc(-c3ccccc3Cl)cs2)nc1. The molecular weight excluding hydrogens is 394 g/mol. The summed E-state index contributed by atoms with van der Waals surface area (Å²) in [5.41, 5.74) is 2.93. The van der Waals surface area contributed by atoms with Crippen molar-refractivity contribution in [2.24, 2.45) is 0 Å². The number of anilines is 1. The molecule has 0 saturated carbocycles. The van der Waals surface area contributed by atoms with Gasteiger partial charge in [0.2, 0.25) is 0 Å². The number of hydrogen-bond donors (Lipinski definition) is 2. The van der Waals surface area contributed by atoms with E-state index in [-0.39, 0.29) is 18.4 Å². The Balaban J connectivity index is 1.69. The Labute approximate surface area is 173 Å². The molecule has 7 heteroatoms. The molecule has 0 aliphatic carbocycles. The number of nitrogens with zero attached hydrogens (tertiary/aromatic N) is 2. The fourth-order valence-electron chi connectivity index (χ4n) is 3.05. The zero-order valence-corrected chi connectivity index (χ0v) is 17.1. The van der Waals surface area contributed by atoms with Gasteiger partial charge in [0.25, 0.3) is 5.91 Å². The van der Waals surface area contributed by atoms with Gasteiger partial charge < -0.3 is 5.11 Å². The summed E-state index contributed by atoms with van der Waals surface area (Å²) >= 11 is 7.55. The van der Waals surface area contributed by atoms with E-state index in [9.17, 15) is 9.90 Å². The van der Waals surface area contributed by atoms with Crippen molar-refractivity contribution in [2.75, 3.05) is 11.9 Å². The van der Waals surface area contributed by atoms with E-state index in [1.165, 1.54) is 11.3 Å². The minimum absolute atomic E-state index is 0.144. The van der Waals surface area contributed by atoms with Crippen LogP contribution in [0.4, 0.5) is 5.13 Å². The van der Waals surface area contributed by atoms with E-state index in [1.54, 1.807) is 12.3 Å². The van der Waals surface area contributed by atoms with Crippen LogP contribution in [0, 0.1) is 0 Å². The number of carbonyl (C=O) groups is 1. The topological polar surface area (TPSA) is 75.1 Å². The molecule has 3 aromatic rings. The predicted molar refractivity (Wildman–Crippen MR) is 114 cm³/mol. The molecule has 0 aliphatic heterocycles. The maximum Gasteiger partial charge on any atom is 0.276 e. The first kappa shape index (κ1) is 20.5. The molecule has 0 spiro atoms. The second-order valence-electron chi connectivity index (χ2n) is 6.45. The number of rotatable bonds is 8. The highest BCUT2D eigenvalue weighted by molar-refractivity contribution is 7.14. The number of pyridine rings is 1. The van der Waals surface area contributed by atoms with Crippen molar-refractivity contribution in [1.29, 1.82) is 0 Å². The highest BCUT2D eigenvalue weighted by Gasteiger charge is 2.15. The third-order valence-electron chi connectivity index (χ3n) is 4.48. The lowest BCUT2D eigenvalue weighted by atomic mass is 9.93. The van der Waals surface area contributed by atoms with Gasteiger partial charge in [-0.1, -0.05) is 49.2 Å². The van der Waals surface area contributed by atoms with Gasteiger partial charge in [0, 0.05) is 28.8 Å². The first-order valence-electron chi connectivity index (χ1n) is 9.21. The average Bonchev–Trinajstić information content (AvgIpc) is 3.16. The third kappa shape index (κ3) is 4.95. The van der Waals surface area contributed by atoms with E-state index in [0.717, 1.165) is 29.7 Å². The molecule has 1 amide bonds. The number of aliphatic hydroxyl groups is 1. The molecule has 1 aromatic carbocycles. The molecule has 5 nitrogen and oxygen atoms in total. The first-order chi connectivity index (χ1) is 13.6. The van der Waals surface area contributed by atoms with Crippen molar-refractivity contribution in [1.82, 2.24) is 9.97 Å². The molecule has 0 saturated heterocycles. The number of thiazole rings is 1. The standard InChI is InChI=1S/C21H22ClN3O2S/c1-2-5-14(10-11-26)15-8-9-18(23-12-15)20(27)25-21-24-19(13-28-21)16-6-3-4-7-17(16)22/h3-4,6-9,12-14,26H,2,5,10-11H2,1H3,(H,24,25,27). The molecule has 2 heterocycles. The summed E-state index contributed by atoms with van der Waals surface area (Å²) in [4.78, 5) is 21.2. The molecule has 0 radical (unpaired) electrons. The molecule has 1 atom stereocenters. The minimum Gasteiger partial charge on any atom is -0.396 e. The smallest absolute Gasteiger partial charge is 0.276 e. The van der Waals surface area contributed by atoms with Gasteiger partial charge in [-0.15, -0.1) is 11.3 Å². The lowest BCUT2D eigenvalue weighted by molar-refractivity contribution is 0.102. The molecular formula is C21H22ClN3O2S. The van der Waals surface area contributed by atoms with Crippen LogP contribution in [0.1, 0.15) is 48.2 Å². The number of aliphatic hydroxyl groups excluding tert-OH is 1. The fourth-order valence-corrected chi connectivity index (χ4v) is 3.99. The molecule has 0 aliphatic rings. The van der Waals surface area contributed by atoms with E-state index in [0.29, 0.717) is 22.3 Å². The highest BCUT2D eigenvalue weighted by atomic mass is 35.5. The summed E-state index contributed by atoms with van der Waals surface area (Å²) in [6.45, 7) is 2.26. The molecule has 0 bridgehead atoms. The summed E-state index contributed by atoms with van der Waals surface area (Å²) in [6, 6.07) is 11.1. The van der Waals surface area contributed by atoms with E-state index in [2.05, 4.69) is 22.2 Å². The van der Waals surface area contributed by atoms with Gasteiger partial charge in [-0.05, 0) is 36.5 Å². The van der Waals surface area contributed by atoms with Crippen LogP contribution in [0.25, 0.3) is 11.3 Å². The molecule has 0 fully saturated rings. The van der Waals surface area contributed by atoms with E-state index in [1.807, 2.05) is 35.7 Å². The van der Waals surface area contributed by atoms with Crippen LogP contribution < -0.4 is 5.32 Å². The van der Waals surface area contributed by atoms with Crippen molar-refractivity contribution >= 4 is 34.0 Å². The maximum absolute atomic E-state index is 12.5. The normalized spacial score (nSPS) is 12.0. The zero-order chi connectivity index (χ0) is 19.9. The van der Waals surface area contributed by atoms with Crippen LogP contribution in [0.15, 0.2) is 48.0 Å². The first-order valence-corrected chi connectivity index (χ1v) is 10.5. The van der Waals surface area contributed by atoms with Crippen LogP contribution in [0.2, 0.25) is 5.02 Å². The van der Waals surface area contributed by atoms with Crippen LogP contribution in [-0.2, 0) is 0 Å². The van der Waals surface area contributed by atoms with Crippen molar-refractivity contribution in [3.8, 4) is 11.3 Å².